The third-order valence-electron chi connectivity index (χ3n) is 5.69. The second kappa shape index (κ2) is 9.74. The van der Waals surface area contributed by atoms with E-state index in [1.54, 1.807) is 0 Å². The fraction of sp³-hybridized carbons (Fsp3) is 0.478. The lowest BCUT2D eigenvalue weighted by atomic mass is 9.91. The van der Waals surface area contributed by atoms with Crippen LogP contribution >= 0.6 is 0 Å². The zero-order chi connectivity index (χ0) is 20.8. The molecular formula is C23H31N5O. The number of nitrogens with two attached hydrogens (primary N) is 1. The van der Waals surface area contributed by atoms with Crippen molar-refractivity contribution in [3.63, 3.8) is 0 Å². The molecule has 2 aromatic rings. The number of aryl methyl sites for hydroxylation is 1. The summed E-state index contributed by atoms with van der Waals surface area (Å²) in [5, 5.41) is 0. The first-order chi connectivity index (χ1) is 13.9. The number of amides is 2. The number of rotatable bonds is 6. The van der Waals surface area contributed by atoms with Gasteiger partial charge in [-0.05, 0) is 61.8 Å². The maximum atomic E-state index is 11.1. The Labute approximate surface area is 173 Å². The number of primary amides is 1. The summed E-state index contributed by atoms with van der Waals surface area (Å²) in [7, 11) is 0. The maximum Gasteiger partial charge on any atom is 0.338 e. The zero-order valence-corrected chi connectivity index (χ0v) is 17.6. The second-order valence-corrected chi connectivity index (χ2v) is 8.11. The molecule has 0 atom stereocenters. The Hall–Kier alpha value is -2.60. The van der Waals surface area contributed by atoms with Crippen LogP contribution in [-0.2, 0) is 13.1 Å². The van der Waals surface area contributed by atoms with Crippen molar-refractivity contribution in [2.45, 2.75) is 71.5 Å². The molecule has 2 aromatic heterocycles. The Morgan fingerprint density at radius 1 is 1.14 bits per heavy atom. The van der Waals surface area contributed by atoms with E-state index in [0.717, 1.165) is 55.9 Å². The van der Waals surface area contributed by atoms with E-state index in [1.807, 2.05) is 24.5 Å². The molecule has 1 aliphatic rings. The normalized spacial score (nSPS) is 17.0. The molecule has 2 heterocycles. The molecule has 3 rings (SSSR count). The number of nitrogens with zero attached hydrogens (tertiary/aromatic N) is 4. The maximum absolute atomic E-state index is 11.1. The Morgan fingerprint density at radius 3 is 2.38 bits per heavy atom. The van der Waals surface area contributed by atoms with Gasteiger partial charge in [0.2, 0.25) is 0 Å². The van der Waals surface area contributed by atoms with E-state index in [2.05, 4.69) is 47.8 Å². The fourth-order valence-electron chi connectivity index (χ4n) is 4.06. The second-order valence-electron chi connectivity index (χ2n) is 8.11. The van der Waals surface area contributed by atoms with E-state index < -0.39 is 6.03 Å². The molecule has 6 heteroatoms. The monoisotopic (exact) mass is 393 g/mol. The summed E-state index contributed by atoms with van der Waals surface area (Å²) >= 11 is 0. The lowest BCUT2D eigenvalue weighted by Gasteiger charge is -2.35. The summed E-state index contributed by atoms with van der Waals surface area (Å²) in [5.74, 6) is 0.429. The van der Waals surface area contributed by atoms with Gasteiger partial charge < -0.3 is 5.73 Å². The van der Waals surface area contributed by atoms with Gasteiger partial charge in [0, 0.05) is 37.2 Å². The van der Waals surface area contributed by atoms with Gasteiger partial charge >= 0.3 is 6.03 Å². The first-order valence-electron chi connectivity index (χ1n) is 10.4. The molecule has 0 radical (unpaired) electrons. The number of hydrogen-bond acceptors (Lipinski definition) is 4. The van der Waals surface area contributed by atoms with Crippen LogP contribution in [0.15, 0.2) is 41.7 Å². The van der Waals surface area contributed by atoms with Crippen LogP contribution in [0.3, 0.4) is 0 Å². The van der Waals surface area contributed by atoms with Crippen molar-refractivity contribution in [2.24, 2.45) is 10.7 Å². The predicted molar refractivity (Wildman–Crippen MR) is 116 cm³/mol. The van der Waals surface area contributed by atoms with Gasteiger partial charge in [-0.3, -0.25) is 14.9 Å². The van der Waals surface area contributed by atoms with Gasteiger partial charge in [0.1, 0.15) is 0 Å². The third kappa shape index (κ3) is 5.70. The highest BCUT2D eigenvalue weighted by molar-refractivity contribution is 5.94. The highest BCUT2D eigenvalue weighted by Crippen LogP contribution is 2.27. The van der Waals surface area contributed by atoms with E-state index in [1.165, 1.54) is 11.1 Å². The van der Waals surface area contributed by atoms with Crippen LogP contribution in [0.25, 0.3) is 0 Å². The summed E-state index contributed by atoms with van der Waals surface area (Å²) in [6.45, 7) is 8.10. The molecule has 1 saturated carbocycles. The Kier molecular flexibility index (Phi) is 7.09. The highest BCUT2D eigenvalue weighted by Gasteiger charge is 2.26. The van der Waals surface area contributed by atoms with Crippen LogP contribution in [0.2, 0.25) is 0 Å². The Balaban J connectivity index is 1.83. The molecule has 0 unspecified atom stereocenters. The minimum absolute atomic E-state index is 0.394. The highest BCUT2D eigenvalue weighted by atomic mass is 16.2. The van der Waals surface area contributed by atoms with E-state index in [9.17, 15) is 4.79 Å². The fourth-order valence-corrected chi connectivity index (χ4v) is 4.06. The van der Waals surface area contributed by atoms with Crippen LogP contribution in [0.4, 0.5) is 4.79 Å². The van der Waals surface area contributed by atoms with Crippen molar-refractivity contribution in [2.75, 3.05) is 0 Å². The van der Waals surface area contributed by atoms with Crippen LogP contribution in [-0.4, -0.2) is 32.7 Å². The third-order valence-corrected chi connectivity index (χ3v) is 5.69. The minimum atomic E-state index is -0.588. The Bertz CT molecular complexity index is 867. The average molecular weight is 394 g/mol. The number of hydrogen-bond donors (Lipinski definition) is 1. The molecular weight excluding hydrogens is 362 g/mol. The van der Waals surface area contributed by atoms with E-state index in [-0.39, 0.29) is 0 Å². The standard InChI is InChI=1S/C23H31N5O/c1-16(2)20-7-5-13-26-22(20)15-28(14-21-17(3)6-4-12-25-21)19-10-8-18(9-11-19)27-23(24)29/h4-7,12-13,16,19H,8-11,14-15H2,1-3H3,(H2,24,29). The molecule has 0 saturated heterocycles. The first-order valence-corrected chi connectivity index (χ1v) is 10.4. The number of urea groups is 1. The number of carbonyl (C=O) groups excluding carboxylic acids is 1. The first kappa shape index (κ1) is 21.1. The van der Waals surface area contributed by atoms with Crippen LogP contribution in [0, 0.1) is 6.92 Å². The zero-order valence-electron chi connectivity index (χ0n) is 17.6. The van der Waals surface area contributed by atoms with Crippen molar-refractivity contribution in [3.05, 3.63) is 59.2 Å². The molecule has 29 heavy (non-hydrogen) atoms. The number of aromatic nitrogens is 2. The van der Waals surface area contributed by atoms with Crippen molar-refractivity contribution in [3.8, 4) is 0 Å². The lowest BCUT2D eigenvalue weighted by molar-refractivity contribution is 0.153. The predicted octanol–water partition coefficient (Wildman–Crippen LogP) is 4.37. The van der Waals surface area contributed by atoms with Gasteiger partial charge in [-0.1, -0.05) is 26.0 Å². The van der Waals surface area contributed by atoms with Crippen LogP contribution < -0.4 is 5.73 Å². The molecule has 6 nitrogen and oxygen atoms in total. The van der Waals surface area contributed by atoms with Crippen LogP contribution in [0.5, 0.6) is 0 Å². The van der Waals surface area contributed by atoms with Gasteiger partial charge in [-0.25, -0.2) is 9.79 Å². The largest absolute Gasteiger partial charge is 0.350 e. The molecule has 154 valence electrons. The summed E-state index contributed by atoms with van der Waals surface area (Å²) in [6.07, 6.45) is 7.28. The van der Waals surface area contributed by atoms with Crippen molar-refractivity contribution in [1.29, 1.82) is 0 Å². The summed E-state index contributed by atoms with van der Waals surface area (Å²) in [6, 6.07) is 8.08. The molecule has 0 bridgehead atoms. The lowest BCUT2D eigenvalue weighted by Crippen LogP contribution is -2.38. The van der Waals surface area contributed by atoms with Gasteiger partial charge in [0.25, 0.3) is 0 Å². The van der Waals surface area contributed by atoms with E-state index >= 15 is 0 Å². The van der Waals surface area contributed by atoms with Gasteiger partial charge in [0.15, 0.2) is 0 Å². The summed E-state index contributed by atoms with van der Waals surface area (Å²) in [4.78, 5) is 26.9. The number of pyridine rings is 2. The van der Waals surface area contributed by atoms with Gasteiger partial charge in [-0.15, -0.1) is 0 Å². The molecule has 2 N–H and O–H groups in total. The van der Waals surface area contributed by atoms with Crippen molar-refractivity contribution >= 4 is 11.7 Å². The van der Waals surface area contributed by atoms with Gasteiger partial charge in [0.05, 0.1) is 11.4 Å². The average Bonchev–Trinajstić information content (AvgIpc) is 2.69. The molecule has 2 amide bonds. The SMILES string of the molecule is Cc1cccnc1CN(Cc1ncccc1C(C)C)C1CCC(=NC(N)=O)CC1. The number of aliphatic imine (C=N–C) groups is 1. The Morgan fingerprint density at radius 2 is 1.76 bits per heavy atom. The van der Waals surface area contributed by atoms with Crippen LogP contribution in [0.1, 0.15) is 68.0 Å². The summed E-state index contributed by atoms with van der Waals surface area (Å²) in [5.41, 5.74) is 10.9. The molecule has 1 fully saturated rings. The number of carbonyl (C=O) groups is 1. The van der Waals surface area contributed by atoms with Gasteiger partial charge in [-0.2, -0.15) is 0 Å². The van der Waals surface area contributed by atoms with Crippen molar-refractivity contribution in [1.82, 2.24) is 14.9 Å². The topological polar surface area (TPSA) is 84.5 Å². The molecule has 0 aliphatic heterocycles. The minimum Gasteiger partial charge on any atom is -0.350 e. The van der Waals surface area contributed by atoms with E-state index in [4.69, 9.17) is 10.7 Å². The van der Waals surface area contributed by atoms with E-state index in [0.29, 0.717) is 12.0 Å². The smallest absolute Gasteiger partial charge is 0.338 e. The quantitative estimate of drug-likeness (QED) is 0.789. The van der Waals surface area contributed by atoms with Crippen molar-refractivity contribution < 1.29 is 4.79 Å². The molecule has 0 aromatic carbocycles. The molecule has 1 aliphatic carbocycles. The molecule has 0 spiro atoms. The summed E-state index contributed by atoms with van der Waals surface area (Å²) < 4.78 is 0.